The van der Waals surface area contributed by atoms with Gasteiger partial charge in [-0.2, -0.15) is 0 Å². The number of carbonyl (C=O) groups excluding carboxylic acids is 2. The molecular formula is C19H25N3O3S. The quantitative estimate of drug-likeness (QED) is 0.516. The van der Waals surface area contributed by atoms with Gasteiger partial charge in [0.05, 0.1) is 13.2 Å². The Hall–Kier alpha value is -2.41. The van der Waals surface area contributed by atoms with Gasteiger partial charge < -0.3 is 15.0 Å². The van der Waals surface area contributed by atoms with E-state index in [0.29, 0.717) is 30.4 Å². The molecule has 1 heterocycles. The first kappa shape index (κ1) is 19.9. The molecule has 6 nitrogen and oxygen atoms in total. The number of esters is 1. The second-order valence-electron chi connectivity index (χ2n) is 5.77. The number of hydrogen-bond acceptors (Lipinski definition) is 5. The summed E-state index contributed by atoms with van der Waals surface area (Å²) in [6.07, 6.45) is 3.06. The summed E-state index contributed by atoms with van der Waals surface area (Å²) >= 11 is 1.36. The number of benzene rings is 1. The van der Waals surface area contributed by atoms with Gasteiger partial charge in [-0.3, -0.25) is 0 Å². The number of anilines is 1. The van der Waals surface area contributed by atoms with Crippen LogP contribution in [0.3, 0.4) is 0 Å². The van der Waals surface area contributed by atoms with E-state index in [4.69, 9.17) is 4.74 Å². The van der Waals surface area contributed by atoms with Gasteiger partial charge in [-0.25, -0.2) is 14.6 Å². The lowest BCUT2D eigenvalue weighted by Crippen LogP contribution is -2.35. The van der Waals surface area contributed by atoms with Crippen molar-refractivity contribution in [3.63, 3.8) is 0 Å². The molecule has 2 rings (SSSR count). The fraction of sp³-hybridized carbons (Fsp3) is 0.421. The normalized spacial score (nSPS) is 10.4. The van der Waals surface area contributed by atoms with Crippen LogP contribution in [0.5, 0.6) is 0 Å². The molecule has 0 aliphatic rings. The monoisotopic (exact) mass is 375 g/mol. The molecule has 2 amide bonds. The maximum atomic E-state index is 12.7. The number of rotatable bonds is 9. The van der Waals surface area contributed by atoms with E-state index >= 15 is 0 Å². The molecule has 0 aliphatic carbocycles. The third-order valence-corrected chi connectivity index (χ3v) is 4.54. The van der Waals surface area contributed by atoms with Crippen LogP contribution in [-0.2, 0) is 11.3 Å². The Morgan fingerprint density at radius 1 is 1.19 bits per heavy atom. The minimum Gasteiger partial charge on any atom is -0.461 e. The van der Waals surface area contributed by atoms with Crippen LogP contribution in [0.4, 0.5) is 10.5 Å². The lowest BCUT2D eigenvalue weighted by molar-refractivity contribution is 0.0520. The van der Waals surface area contributed by atoms with Crippen molar-refractivity contribution >= 4 is 29.0 Å². The molecule has 0 atom stereocenters. The number of para-hydroxylation sites is 1. The number of carbonyl (C=O) groups is 2. The minimum absolute atomic E-state index is 0.166. The largest absolute Gasteiger partial charge is 0.461 e. The third kappa shape index (κ3) is 6.15. The van der Waals surface area contributed by atoms with Gasteiger partial charge >= 0.3 is 12.0 Å². The highest BCUT2D eigenvalue weighted by Crippen LogP contribution is 2.16. The molecule has 0 aliphatic heterocycles. The second-order valence-corrected chi connectivity index (χ2v) is 6.71. The summed E-state index contributed by atoms with van der Waals surface area (Å²) in [6, 6.07) is 9.20. The van der Waals surface area contributed by atoms with Crippen molar-refractivity contribution < 1.29 is 14.3 Å². The Labute approximate surface area is 158 Å². The number of ether oxygens (including phenoxy) is 1. The molecule has 140 valence electrons. The van der Waals surface area contributed by atoms with E-state index < -0.39 is 5.97 Å². The van der Waals surface area contributed by atoms with Crippen molar-refractivity contribution in [3.8, 4) is 0 Å². The van der Waals surface area contributed by atoms with E-state index in [1.165, 1.54) is 11.3 Å². The van der Waals surface area contributed by atoms with Crippen molar-refractivity contribution in [2.75, 3.05) is 18.5 Å². The molecule has 2 aromatic rings. The van der Waals surface area contributed by atoms with Crippen LogP contribution in [0.15, 0.2) is 35.7 Å². The Balaban J connectivity index is 2.04. The summed E-state index contributed by atoms with van der Waals surface area (Å²) in [4.78, 5) is 30.5. The second kappa shape index (κ2) is 10.6. The van der Waals surface area contributed by atoms with Crippen LogP contribution in [0.1, 0.15) is 48.6 Å². The fourth-order valence-corrected chi connectivity index (χ4v) is 3.15. The Kier molecular flexibility index (Phi) is 8.08. The number of amides is 2. The molecule has 1 aromatic carbocycles. The molecule has 0 saturated carbocycles. The Morgan fingerprint density at radius 2 is 1.96 bits per heavy atom. The SMILES string of the molecule is CCCCCN(Cc1nc(C(=O)OCC)cs1)C(=O)Nc1ccccc1. The van der Waals surface area contributed by atoms with Crippen LogP contribution in [-0.4, -0.2) is 35.0 Å². The molecule has 7 heteroatoms. The number of unbranched alkanes of at least 4 members (excludes halogenated alkanes) is 2. The van der Waals surface area contributed by atoms with Gasteiger partial charge in [0.2, 0.25) is 0 Å². The van der Waals surface area contributed by atoms with Gasteiger partial charge in [-0.1, -0.05) is 38.0 Å². The Morgan fingerprint density at radius 3 is 2.65 bits per heavy atom. The average Bonchev–Trinajstić information content (AvgIpc) is 3.11. The maximum absolute atomic E-state index is 12.7. The Bertz CT molecular complexity index is 703. The first-order valence-electron chi connectivity index (χ1n) is 8.86. The first-order chi connectivity index (χ1) is 12.6. The van der Waals surface area contributed by atoms with Crippen molar-refractivity contribution in [2.24, 2.45) is 0 Å². The van der Waals surface area contributed by atoms with Gasteiger partial charge in [0.15, 0.2) is 5.69 Å². The van der Waals surface area contributed by atoms with Gasteiger partial charge in [0, 0.05) is 17.6 Å². The number of aromatic nitrogens is 1. The summed E-state index contributed by atoms with van der Waals surface area (Å²) in [5.74, 6) is -0.429. The van der Waals surface area contributed by atoms with Crippen LogP contribution >= 0.6 is 11.3 Å². The molecular weight excluding hydrogens is 350 g/mol. The molecule has 1 aromatic heterocycles. The van der Waals surface area contributed by atoms with Gasteiger partial charge in [-0.15, -0.1) is 11.3 Å². The number of nitrogens with zero attached hydrogens (tertiary/aromatic N) is 2. The molecule has 0 radical (unpaired) electrons. The molecule has 0 saturated heterocycles. The van der Waals surface area contributed by atoms with Gasteiger partial charge in [-0.05, 0) is 25.5 Å². The molecule has 26 heavy (non-hydrogen) atoms. The molecule has 1 N–H and O–H groups in total. The standard InChI is InChI=1S/C19H25N3O3S/c1-3-5-9-12-22(19(24)20-15-10-7-6-8-11-15)13-17-21-16(14-26-17)18(23)25-4-2/h6-8,10-11,14H,3-5,9,12-13H2,1-2H3,(H,20,24). The highest BCUT2D eigenvalue weighted by atomic mass is 32.1. The summed E-state index contributed by atoms with van der Waals surface area (Å²) < 4.78 is 4.96. The predicted molar refractivity (Wildman–Crippen MR) is 103 cm³/mol. The summed E-state index contributed by atoms with van der Waals surface area (Å²) in [5.41, 5.74) is 1.05. The van der Waals surface area contributed by atoms with Crippen LogP contribution in [0.25, 0.3) is 0 Å². The van der Waals surface area contributed by atoms with E-state index in [1.807, 2.05) is 30.3 Å². The van der Waals surface area contributed by atoms with Crippen LogP contribution < -0.4 is 5.32 Å². The lowest BCUT2D eigenvalue weighted by Gasteiger charge is -2.22. The average molecular weight is 375 g/mol. The smallest absolute Gasteiger partial charge is 0.357 e. The highest BCUT2D eigenvalue weighted by Gasteiger charge is 2.18. The molecule has 0 spiro atoms. The van der Waals surface area contributed by atoms with Crippen LogP contribution in [0.2, 0.25) is 0 Å². The zero-order valence-electron chi connectivity index (χ0n) is 15.2. The zero-order chi connectivity index (χ0) is 18.8. The minimum atomic E-state index is -0.429. The number of hydrogen-bond donors (Lipinski definition) is 1. The van der Waals surface area contributed by atoms with E-state index in [2.05, 4.69) is 17.2 Å². The topological polar surface area (TPSA) is 71.5 Å². The summed E-state index contributed by atoms with van der Waals surface area (Å²) in [5, 5.41) is 5.30. The third-order valence-electron chi connectivity index (χ3n) is 3.71. The van der Waals surface area contributed by atoms with Gasteiger partial charge in [0.25, 0.3) is 0 Å². The van der Waals surface area contributed by atoms with E-state index in [1.54, 1.807) is 17.2 Å². The van der Waals surface area contributed by atoms with Crippen molar-refractivity contribution in [3.05, 3.63) is 46.4 Å². The van der Waals surface area contributed by atoms with Crippen LogP contribution in [0, 0.1) is 0 Å². The maximum Gasteiger partial charge on any atom is 0.357 e. The fourth-order valence-electron chi connectivity index (χ4n) is 2.37. The first-order valence-corrected chi connectivity index (χ1v) is 9.74. The lowest BCUT2D eigenvalue weighted by atomic mass is 10.2. The molecule has 0 unspecified atom stereocenters. The summed E-state index contributed by atoms with van der Waals surface area (Å²) in [6.45, 7) is 5.21. The van der Waals surface area contributed by atoms with Crippen molar-refractivity contribution in [2.45, 2.75) is 39.7 Å². The van der Waals surface area contributed by atoms with Crippen molar-refractivity contribution in [1.82, 2.24) is 9.88 Å². The molecule has 0 bridgehead atoms. The predicted octanol–water partition coefficient (Wildman–Crippen LogP) is 4.54. The number of urea groups is 1. The zero-order valence-corrected chi connectivity index (χ0v) is 16.1. The van der Waals surface area contributed by atoms with E-state index in [9.17, 15) is 9.59 Å². The highest BCUT2D eigenvalue weighted by molar-refractivity contribution is 7.09. The van der Waals surface area contributed by atoms with Crippen molar-refractivity contribution in [1.29, 1.82) is 0 Å². The summed E-state index contributed by atoms with van der Waals surface area (Å²) in [7, 11) is 0. The number of nitrogens with one attached hydrogen (secondary N) is 1. The van der Waals surface area contributed by atoms with E-state index in [0.717, 1.165) is 24.9 Å². The molecule has 0 fully saturated rings. The van der Waals surface area contributed by atoms with Gasteiger partial charge in [0.1, 0.15) is 5.01 Å². The van der Waals surface area contributed by atoms with E-state index in [-0.39, 0.29) is 6.03 Å². The number of thiazole rings is 1.